The number of amides is 1. The minimum absolute atomic E-state index is 0.0340. The fraction of sp³-hybridized carbons (Fsp3) is 0.150. The molecule has 0 aliphatic carbocycles. The molecule has 1 heterocycles. The van der Waals surface area contributed by atoms with Gasteiger partial charge < -0.3 is 10.1 Å². The molecule has 1 amide bonds. The zero-order valence-corrected chi connectivity index (χ0v) is 15.0. The van der Waals surface area contributed by atoms with Gasteiger partial charge >= 0.3 is 5.97 Å². The maximum Gasteiger partial charge on any atom is 0.312 e. The largest absolute Gasteiger partial charge is 0.452 e. The summed E-state index contributed by atoms with van der Waals surface area (Å²) in [5, 5.41) is 5.39. The van der Waals surface area contributed by atoms with Gasteiger partial charge in [0.15, 0.2) is 6.10 Å². The van der Waals surface area contributed by atoms with E-state index < -0.39 is 12.1 Å². The van der Waals surface area contributed by atoms with Crippen LogP contribution in [-0.2, 0) is 20.7 Å². The molecule has 0 aliphatic heterocycles. The Hall–Kier alpha value is -2.99. The normalized spacial score (nSPS) is 11.6. The zero-order valence-electron chi connectivity index (χ0n) is 14.2. The van der Waals surface area contributed by atoms with Gasteiger partial charge in [0, 0.05) is 16.6 Å². The number of hydrogen-bond acceptors (Lipinski definition) is 5. The van der Waals surface area contributed by atoms with Crippen molar-refractivity contribution < 1.29 is 14.3 Å². The van der Waals surface area contributed by atoms with Gasteiger partial charge in [-0.2, -0.15) is 0 Å². The minimum atomic E-state index is -0.880. The van der Waals surface area contributed by atoms with Crippen molar-refractivity contribution in [2.75, 3.05) is 5.32 Å². The molecule has 0 radical (unpaired) electrons. The van der Waals surface area contributed by atoms with E-state index in [1.807, 2.05) is 53.9 Å². The fourth-order valence-corrected chi connectivity index (χ4v) is 3.13. The number of esters is 1. The molecule has 132 valence electrons. The molecule has 0 saturated heterocycles. The van der Waals surface area contributed by atoms with E-state index in [1.165, 1.54) is 11.3 Å². The van der Waals surface area contributed by atoms with Crippen molar-refractivity contribution in [2.24, 2.45) is 0 Å². The number of hydrogen-bond donors (Lipinski definition) is 1. The Morgan fingerprint density at radius 3 is 2.42 bits per heavy atom. The van der Waals surface area contributed by atoms with E-state index in [4.69, 9.17) is 4.74 Å². The van der Waals surface area contributed by atoms with Crippen molar-refractivity contribution >= 4 is 28.9 Å². The third-order valence-electron chi connectivity index (χ3n) is 3.62. The van der Waals surface area contributed by atoms with E-state index in [0.717, 1.165) is 10.6 Å². The van der Waals surface area contributed by atoms with Gasteiger partial charge in [-0.25, -0.2) is 4.98 Å². The summed E-state index contributed by atoms with van der Waals surface area (Å²) in [5.41, 5.74) is 2.30. The number of nitrogens with one attached hydrogen (secondary N) is 1. The third-order valence-corrected chi connectivity index (χ3v) is 4.56. The highest BCUT2D eigenvalue weighted by Crippen LogP contribution is 2.23. The summed E-state index contributed by atoms with van der Waals surface area (Å²) < 4.78 is 5.22. The molecule has 3 aromatic rings. The molecule has 0 saturated carbocycles. The van der Waals surface area contributed by atoms with Crippen LogP contribution in [0.25, 0.3) is 10.6 Å². The average molecular weight is 366 g/mol. The molecular formula is C20H18N2O3S. The number of rotatable bonds is 6. The van der Waals surface area contributed by atoms with E-state index in [9.17, 15) is 9.59 Å². The lowest BCUT2D eigenvalue weighted by atomic mass is 10.2. The molecule has 1 atom stereocenters. The van der Waals surface area contributed by atoms with Crippen molar-refractivity contribution in [3.63, 3.8) is 0 Å². The summed E-state index contributed by atoms with van der Waals surface area (Å²) in [6.07, 6.45) is -0.846. The first kappa shape index (κ1) is 17.8. The van der Waals surface area contributed by atoms with Gasteiger partial charge in [-0.1, -0.05) is 48.5 Å². The summed E-state index contributed by atoms with van der Waals surface area (Å²) in [6, 6.07) is 18.8. The number of carbonyl (C=O) groups excluding carboxylic acids is 2. The molecule has 0 bridgehead atoms. The van der Waals surface area contributed by atoms with Crippen LogP contribution in [0.15, 0.2) is 66.0 Å². The number of para-hydroxylation sites is 1. The second-order valence-corrected chi connectivity index (χ2v) is 6.53. The lowest BCUT2D eigenvalue weighted by Gasteiger charge is -2.13. The molecule has 3 rings (SSSR count). The number of thiazole rings is 1. The molecule has 0 fully saturated rings. The molecule has 0 spiro atoms. The Balaban J connectivity index is 1.54. The quantitative estimate of drug-likeness (QED) is 0.671. The number of anilines is 1. The van der Waals surface area contributed by atoms with Crippen LogP contribution in [0.2, 0.25) is 0 Å². The van der Waals surface area contributed by atoms with Crippen LogP contribution in [0.3, 0.4) is 0 Å². The third kappa shape index (κ3) is 4.77. The van der Waals surface area contributed by atoms with Crippen LogP contribution in [-0.4, -0.2) is 23.0 Å². The van der Waals surface area contributed by atoms with Gasteiger partial charge in [-0.3, -0.25) is 9.59 Å². The molecule has 26 heavy (non-hydrogen) atoms. The molecule has 0 aliphatic rings. The summed E-state index contributed by atoms with van der Waals surface area (Å²) in [6.45, 7) is 1.55. The predicted octanol–water partition coefficient (Wildman–Crippen LogP) is 3.92. The summed E-state index contributed by atoms with van der Waals surface area (Å²) in [7, 11) is 0. The second kappa shape index (κ2) is 8.40. The smallest absolute Gasteiger partial charge is 0.312 e. The zero-order chi connectivity index (χ0) is 18.4. The molecular weight excluding hydrogens is 348 g/mol. The number of benzene rings is 2. The van der Waals surface area contributed by atoms with Crippen molar-refractivity contribution in [1.82, 2.24) is 4.98 Å². The van der Waals surface area contributed by atoms with E-state index in [-0.39, 0.29) is 12.3 Å². The fourth-order valence-electron chi connectivity index (χ4n) is 2.31. The van der Waals surface area contributed by atoms with Crippen LogP contribution in [0.4, 0.5) is 5.69 Å². The average Bonchev–Trinajstić information content (AvgIpc) is 3.11. The first-order valence-corrected chi connectivity index (χ1v) is 9.05. The van der Waals surface area contributed by atoms with Crippen molar-refractivity contribution in [3.8, 4) is 10.6 Å². The number of carbonyl (C=O) groups is 2. The van der Waals surface area contributed by atoms with Gasteiger partial charge in [0.25, 0.3) is 5.91 Å². The molecule has 6 heteroatoms. The monoisotopic (exact) mass is 366 g/mol. The van der Waals surface area contributed by atoms with Crippen LogP contribution < -0.4 is 5.32 Å². The van der Waals surface area contributed by atoms with Crippen LogP contribution in [0.1, 0.15) is 12.6 Å². The van der Waals surface area contributed by atoms with Gasteiger partial charge in [-0.05, 0) is 19.1 Å². The van der Waals surface area contributed by atoms with Gasteiger partial charge in [0.05, 0.1) is 12.1 Å². The summed E-state index contributed by atoms with van der Waals surface area (Å²) in [4.78, 5) is 28.6. The van der Waals surface area contributed by atoms with Crippen molar-refractivity contribution in [2.45, 2.75) is 19.4 Å². The maximum absolute atomic E-state index is 12.1. The summed E-state index contributed by atoms with van der Waals surface area (Å²) in [5.74, 6) is -0.849. The predicted molar refractivity (Wildman–Crippen MR) is 102 cm³/mol. The van der Waals surface area contributed by atoms with Crippen LogP contribution >= 0.6 is 11.3 Å². The number of aromatic nitrogens is 1. The summed E-state index contributed by atoms with van der Waals surface area (Å²) >= 11 is 1.47. The highest BCUT2D eigenvalue weighted by Gasteiger charge is 2.19. The first-order valence-electron chi connectivity index (χ1n) is 8.17. The Morgan fingerprint density at radius 1 is 1.08 bits per heavy atom. The Kier molecular flexibility index (Phi) is 5.76. The molecule has 0 unspecified atom stereocenters. The lowest BCUT2D eigenvalue weighted by molar-refractivity contribution is -0.152. The van der Waals surface area contributed by atoms with Gasteiger partial charge in [0.1, 0.15) is 5.01 Å². The standard InChI is InChI=1S/C20H18N2O3S/c1-14(19(24)21-16-10-6-3-7-11-16)25-18(23)12-17-13-26-20(22-17)15-8-4-2-5-9-15/h2-11,13-14H,12H2,1H3,(H,21,24)/t14-/m0/s1. The van der Waals surface area contributed by atoms with E-state index >= 15 is 0 Å². The van der Waals surface area contributed by atoms with E-state index in [1.54, 1.807) is 19.1 Å². The van der Waals surface area contributed by atoms with Crippen LogP contribution in [0, 0.1) is 0 Å². The molecule has 1 N–H and O–H groups in total. The van der Waals surface area contributed by atoms with E-state index in [2.05, 4.69) is 10.3 Å². The van der Waals surface area contributed by atoms with Crippen molar-refractivity contribution in [1.29, 1.82) is 0 Å². The Bertz CT molecular complexity index is 878. The molecule has 5 nitrogen and oxygen atoms in total. The lowest BCUT2D eigenvalue weighted by Crippen LogP contribution is -2.30. The number of nitrogens with zero attached hydrogens (tertiary/aromatic N) is 1. The van der Waals surface area contributed by atoms with Crippen LogP contribution in [0.5, 0.6) is 0 Å². The Labute approximate surface area is 155 Å². The highest BCUT2D eigenvalue weighted by atomic mass is 32.1. The topological polar surface area (TPSA) is 68.3 Å². The molecule has 2 aromatic carbocycles. The van der Waals surface area contributed by atoms with E-state index in [0.29, 0.717) is 11.4 Å². The SMILES string of the molecule is C[C@H](OC(=O)Cc1csc(-c2ccccc2)n1)C(=O)Nc1ccccc1. The minimum Gasteiger partial charge on any atom is -0.452 e. The second-order valence-electron chi connectivity index (χ2n) is 5.67. The van der Waals surface area contributed by atoms with Crippen molar-refractivity contribution in [3.05, 3.63) is 71.7 Å². The first-order chi connectivity index (χ1) is 12.6. The van der Waals surface area contributed by atoms with Gasteiger partial charge in [0.2, 0.25) is 0 Å². The molecule has 1 aromatic heterocycles. The highest BCUT2D eigenvalue weighted by molar-refractivity contribution is 7.13. The number of ether oxygens (including phenoxy) is 1. The Morgan fingerprint density at radius 2 is 1.73 bits per heavy atom. The maximum atomic E-state index is 12.1. The van der Waals surface area contributed by atoms with Gasteiger partial charge in [-0.15, -0.1) is 11.3 Å².